The van der Waals surface area contributed by atoms with E-state index in [0.29, 0.717) is 40.6 Å². The van der Waals surface area contributed by atoms with Crippen LogP contribution < -0.4 is 10.1 Å². The van der Waals surface area contributed by atoms with Crippen LogP contribution in [-0.2, 0) is 25.5 Å². The molecule has 2 N–H and O–H groups in total. The standard InChI is InChI=1S/C44H63N3O5S/c1-7-10-11-12-13-14-15-16-17-18-19-20-21-22-24-33-25-23-26-37(51-8-2)39(33)41-38(43(49)52-9-3)32(5)45-36(40(41)42(48)50-6)30-53-44-46-34-28-27-31(4)29-35(34)47-44/h23,25-29,41,45H,7-22,24,30H2,1-6H3,(H,46,47). The Morgan fingerprint density at radius 3 is 2.08 bits per heavy atom. The monoisotopic (exact) mass is 745 g/mol. The van der Waals surface area contributed by atoms with Crippen molar-refractivity contribution >= 4 is 34.7 Å². The zero-order valence-corrected chi connectivity index (χ0v) is 34.0. The number of ether oxygens (including phenoxy) is 3. The van der Waals surface area contributed by atoms with Crippen LogP contribution in [-0.4, -0.2) is 48.0 Å². The lowest BCUT2D eigenvalue weighted by Gasteiger charge is -2.33. The smallest absolute Gasteiger partial charge is 0.336 e. The van der Waals surface area contributed by atoms with Gasteiger partial charge in [0.05, 0.1) is 48.4 Å². The van der Waals surface area contributed by atoms with Gasteiger partial charge in [0, 0.05) is 22.7 Å². The van der Waals surface area contributed by atoms with Gasteiger partial charge in [-0.2, -0.15) is 0 Å². The van der Waals surface area contributed by atoms with Gasteiger partial charge in [-0.3, -0.25) is 0 Å². The minimum atomic E-state index is -0.735. The van der Waals surface area contributed by atoms with Gasteiger partial charge in [-0.1, -0.05) is 120 Å². The second kappa shape index (κ2) is 22.5. The minimum absolute atomic E-state index is 0.215. The highest BCUT2D eigenvalue weighted by Crippen LogP contribution is 2.45. The molecule has 8 nitrogen and oxygen atoms in total. The van der Waals surface area contributed by atoms with Crippen molar-refractivity contribution in [2.75, 3.05) is 26.1 Å². The number of hydrogen-bond acceptors (Lipinski definition) is 8. The number of rotatable bonds is 24. The van der Waals surface area contributed by atoms with E-state index in [2.05, 4.69) is 36.3 Å². The Morgan fingerprint density at radius 2 is 1.45 bits per heavy atom. The number of carbonyl (C=O) groups is 2. The molecular weight excluding hydrogens is 683 g/mol. The number of dihydropyridines is 1. The van der Waals surface area contributed by atoms with Crippen LogP contribution in [0.2, 0.25) is 0 Å². The van der Waals surface area contributed by atoms with Crippen LogP contribution in [0.3, 0.4) is 0 Å². The highest BCUT2D eigenvalue weighted by Gasteiger charge is 2.41. The number of aromatic amines is 1. The number of nitrogens with zero attached hydrogens (tertiary/aromatic N) is 1. The van der Waals surface area contributed by atoms with Crippen molar-refractivity contribution in [2.45, 2.75) is 142 Å². The average molecular weight is 746 g/mol. The van der Waals surface area contributed by atoms with Crippen molar-refractivity contribution in [2.24, 2.45) is 0 Å². The highest BCUT2D eigenvalue weighted by atomic mass is 32.2. The zero-order chi connectivity index (χ0) is 38.0. The fraction of sp³-hybridized carbons (Fsp3) is 0.568. The van der Waals surface area contributed by atoms with Crippen LogP contribution in [0.25, 0.3) is 11.0 Å². The summed E-state index contributed by atoms with van der Waals surface area (Å²) in [6.45, 7) is 10.6. The molecule has 290 valence electrons. The SMILES string of the molecule is CCCCCCCCCCCCCCCCc1cccc(OCC)c1C1C(C(=O)OCC)=C(C)NC(CSc2nc3ccc(C)cc3[nH]2)=C1C(=O)OC. The molecule has 4 rings (SSSR count). The van der Waals surface area contributed by atoms with Gasteiger partial charge in [0.1, 0.15) is 5.75 Å². The number of H-pyrrole nitrogens is 1. The Balaban J connectivity index is 1.54. The maximum Gasteiger partial charge on any atom is 0.336 e. The molecule has 0 aliphatic carbocycles. The molecule has 0 bridgehead atoms. The van der Waals surface area contributed by atoms with Crippen molar-refractivity contribution in [3.8, 4) is 5.75 Å². The van der Waals surface area contributed by atoms with E-state index < -0.39 is 17.9 Å². The summed E-state index contributed by atoms with van der Waals surface area (Å²) in [5.74, 6) is -0.629. The first-order valence-corrected chi connectivity index (χ1v) is 21.1. The van der Waals surface area contributed by atoms with Crippen LogP contribution in [0.4, 0.5) is 0 Å². The number of carbonyl (C=O) groups excluding carboxylic acids is 2. The summed E-state index contributed by atoms with van der Waals surface area (Å²) in [4.78, 5) is 35.8. The molecule has 0 amide bonds. The van der Waals surface area contributed by atoms with E-state index in [-0.39, 0.29) is 6.61 Å². The maximum absolute atomic E-state index is 13.9. The Kier molecular flexibility index (Phi) is 17.8. The average Bonchev–Trinajstić information content (AvgIpc) is 3.55. The first-order valence-electron chi connectivity index (χ1n) is 20.1. The summed E-state index contributed by atoms with van der Waals surface area (Å²) in [5.41, 5.74) is 6.98. The number of thioether (sulfide) groups is 1. The molecule has 9 heteroatoms. The lowest BCUT2D eigenvalue weighted by molar-refractivity contribution is -0.139. The molecule has 1 unspecified atom stereocenters. The highest BCUT2D eigenvalue weighted by molar-refractivity contribution is 7.99. The summed E-state index contributed by atoms with van der Waals surface area (Å²) in [5, 5.41) is 4.15. The molecule has 3 aromatic rings. The van der Waals surface area contributed by atoms with E-state index in [9.17, 15) is 9.59 Å². The predicted molar refractivity (Wildman–Crippen MR) is 217 cm³/mol. The third kappa shape index (κ3) is 12.1. The summed E-state index contributed by atoms with van der Waals surface area (Å²) in [7, 11) is 1.39. The van der Waals surface area contributed by atoms with Crippen molar-refractivity contribution in [3.63, 3.8) is 0 Å². The normalized spacial score (nSPS) is 14.5. The van der Waals surface area contributed by atoms with E-state index in [1.165, 1.54) is 95.9 Å². The number of fused-ring (bicyclic) bond motifs is 1. The number of aryl methyl sites for hydroxylation is 2. The minimum Gasteiger partial charge on any atom is -0.494 e. The molecule has 0 saturated carbocycles. The molecule has 0 saturated heterocycles. The van der Waals surface area contributed by atoms with Crippen molar-refractivity contribution in [1.82, 2.24) is 15.3 Å². The predicted octanol–water partition coefficient (Wildman–Crippen LogP) is 11.0. The Morgan fingerprint density at radius 1 is 0.792 bits per heavy atom. The van der Waals surface area contributed by atoms with E-state index in [4.69, 9.17) is 19.2 Å². The molecule has 1 aromatic heterocycles. The second-order valence-corrected chi connectivity index (χ2v) is 15.1. The first-order chi connectivity index (χ1) is 25.8. The van der Waals surface area contributed by atoms with Crippen LogP contribution in [0, 0.1) is 6.92 Å². The van der Waals surface area contributed by atoms with Gasteiger partial charge in [-0.15, -0.1) is 0 Å². The number of esters is 2. The molecular formula is C44H63N3O5S. The molecule has 0 spiro atoms. The summed E-state index contributed by atoms with van der Waals surface area (Å²) in [6.07, 6.45) is 19.0. The van der Waals surface area contributed by atoms with E-state index in [1.54, 1.807) is 6.92 Å². The van der Waals surface area contributed by atoms with Crippen molar-refractivity contribution < 1.29 is 23.8 Å². The van der Waals surface area contributed by atoms with Gasteiger partial charge in [0.15, 0.2) is 5.16 Å². The van der Waals surface area contributed by atoms with Crippen molar-refractivity contribution in [1.29, 1.82) is 0 Å². The molecule has 1 aliphatic rings. The third-order valence-corrected chi connectivity index (χ3v) is 11.0. The second-order valence-electron chi connectivity index (χ2n) is 14.2. The van der Waals surface area contributed by atoms with Crippen LogP contribution in [0.1, 0.15) is 140 Å². The van der Waals surface area contributed by atoms with Gasteiger partial charge < -0.3 is 24.5 Å². The number of hydrogen-bond donors (Lipinski definition) is 2. The summed E-state index contributed by atoms with van der Waals surface area (Å²) in [6, 6.07) is 12.2. The quantitative estimate of drug-likeness (QED) is 0.0531. The number of aromatic nitrogens is 2. The number of unbranched alkanes of at least 4 members (excludes halogenated alkanes) is 13. The number of allylic oxidation sites excluding steroid dienone is 1. The fourth-order valence-electron chi connectivity index (χ4n) is 7.36. The number of benzene rings is 2. The maximum atomic E-state index is 13.9. The van der Waals surface area contributed by atoms with Gasteiger partial charge >= 0.3 is 11.9 Å². The third-order valence-electron chi connectivity index (χ3n) is 10.1. The van der Waals surface area contributed by atoms with Crippen LogP contribution >= 0.6 is 11.8 Å². The first kappa shape index (κ1) is 42.0. The van der Waals surface area contributed by atoms with E-state index in [1.807, 2.05) is 38.1 Å². The Bertz CT molecular complexity index is 1690. The number of nitrogens with one attached hydrogen (secondary N) is 2. The van der Waals surface area contributed by atoms with Gasteiger partial charge in [-0.05, 0) is 69.9 Å². The molecule has 2 heterocycles. The van der Waals surface area contributed by atoms with Gasteiger partial charge in [-0.25, -0.2) is 14.6 Å². The Hall–Kier alpha value is -3.72. The molecule has 2 aromatic carbocycles. The summed E-state index contributed by atoms with van der Waals surface area (Å²) < 4.78 is 17.3. The largest absolute Gasteiger partial charge is 0.494 e. The number of imidazole rings is 1. The van der Waals surface area contributed by atoms with E-state index >= 15 is 0 Å². The Labute approximate surface area is 322 Å². The zero-order valence-electron chi connectivity index (χ0n) is 33.2. The van der Waals surface area contributed by atoms with Crippen LogP contribution in [0.5, 0.6) is 5.75 Å². The molecule has 1 aliphatic heterocycles. The van der Waals surface area contributed by atoms with Gasteiger partial charge in [0.25, 0.3) is 0 Å². The van der Waals surface area contributed by atoms with Crippen LogP contribution in [0.15, 0.2) is 64.1 Å². The van der Waals surface area contributed by atoms with Crippen molar-refractivity contribution in [3.05, 3.63) is 75.6 Å². The molecule has 0 radical (unpaired) electrons. The molecule has 0 fully saturated rings. The number of methoxy groups -OCH3 is 1. The topological polar surface area (TPSA) is 103 Å². The van der Waals surface area contributed by atoms with Gasteiger partial charge in [0.2, 0.25) is 0 Å². The van der Waals surface area contributed by atoms with E-state index in [0.717, 1.165) is 52.1 Å². The lowest BCUT2D eigenvalue weighted by Crippen LogP contribution is -2.34. The fourth-order valence-corrected chi connectivity index (χ4v) is 8.22. The summed E-state index contributed by atoms with van der Waals surface area (Å²) >= 11 is 1.50. The lowest BCUT2D eigenvalue weighted by atomic mass is 9.77. The molecule has 1 atom stereocenters. The molecule has 53 heavy (non-hydrogen) atoms.